The molecule has 1 aromatic rings. The molecule has 1 saturated heterocycles. The third-order valence-corrected chi connectivity index (χ3v) is 4.28. The predicted octanol–water partition coefficient (Wildman–Crippen LogP) is 2.78. The molecule has 0 radical (unpaired) electrons. The first-order chi connectivity index (χ1) is 11.0. The number of carboxylic acids is 1. The van der Waals surface area contributed by atoms with Crippen molar-refractivity contribution in [3.63, 3.8) is 0 Å². The Balaban J connectivity index is 2.04. The SMILES string of the molecule is CC(Oc1cccc(C(C)(C)C)c1)C(=O)N1CCC(F)(C(=O)O)C1. The van der Waals surface area contributed by atoms with Crippen LogP contribution in [0.3, 0.4) is 0 Å². The van der Waals surface area contributed by atoms with E-state index in [2.05, 4.69) is 20.8 Å². The molecule has 1 heterocycles. The summed E-state index contributed by atoms with van der Waals surface area (Å²) < 4.78 is 19.8. The van der Waals surface area contributed by atoms with Crippen molar-refractivity contribution in [3.05, 3.63) is 29.8 Å². The fourth-order valence-electron chi connectivity index (χ4n) is 2.68. The number of likely N-dealkylation sites (tertiary alicyclic amines) is 1. The maximum atomic E-state index is 14.1. The highest BCUT2D eigenvalue weighted by molar-refractivity contribution is 5.84. The van der Waals surface area contributed by atoms with Gasteiger partial charge in [-0.1, -0.05) is 32.9 Å². The van der Waals surface area contributed by atoms with Gasteiger partial charge in [-0.2, -0.15) is 0 Å². The lowest BCUT2D eigenvalue weighted by molar-refractivity contribution is -0.150. The zero-order valence-corrected chi connectivity index (χ0v) is 14.5. The third kappa shape index (κ3) is 3.86. The van der Waals surface area contributed by atoms with Gasteiger partial charge in [-0.25, -0.2) is 9.18 Å². The molecular formula is C18H24FNO4. The van der Waals surface area contributed by atoms with Gasteiger partial charge < -0.3 is 14.7 Å². The van der Waals surface area contributed by atoms with Crippen LogP contribution in [0.1, 0.15) is 39.7 Å². The quantitative estimate of drug-likeness (QED) is 0.917. The second-order valence-electron chi connectivity index (χ2n) is 7.32. The minimum atomic E-state index is -2.36. The molecule has 0 aliphatic carbocycles. The molecule has 132 valence electrons. The van der Waals surface area contributed by atoms with E-state index >= 15 is 0 Å². The zero-order valence-electron chi connectivity index (χ0n) is 14.5. The number of halogens is 1. The van der Waals surface area contributed by atoms with Crippen LogP contribution in [0.4, 0.5) is 4.39 Å². The number of alkyl halides is 1. The second kappa shape index (κ2) is 6.42. The first kappa shape index (κ1) is 18.2. The molecule has 1 aromatic carbocycles. The van der Waals surface area contributed by atoms with Gasteiger partial charge in [-0.05, 0) is 30.0 Å². The maximum absolute atomic E-state index is 14.1. The van der Waals surface area contributed by atoms with Crippen LogP contribution in [0.5, 0.6) is 5.75 Å². The zero-order chi connectivity index (χ0) is 18.1. The van der Waals surface area contributed by atoms with E-state index in [1.807, 2.05) is 18.2 Å². The normalized spacial score (nSPS) is 22.3. The summed E-state index contributed by atoms with van der Waals surface area (Å²) in [5, 5.41) is 8.91. The summed E-state index contributed by atoms with van der Waals surface area (Å²) in [5.41, 5.74) is -1.33. The lowest BCUT2D eigenvalue weighted by Gasteiger charge is -2.24. The Hall–Kier alpha value is -2.11. The lowest BCUT2D eigenvalue weighted by Crippen LogP contribution is -2.43. The molecule has 1 aliphatic rings. The number of hydrogen-bond donors (Lipinski definition) is 1. The molecule has 2 atom stereocenters. The summed E-state index contributed by atoms with van der Waals surface area (Å²) in [4.78, 5) is 24.5. The van der Waals surface area contributed by atoms with E-state index in [0.29, 0.717) is 5.75 Å². The first-order valence-corrected chi connectivity index (χ1v) is 8.01. The summed E-state index contributed by atoms with van der Waals surface area (Å²) >= 11 is 0. The molecule has 6 heteroatoms. The van der Waals surface area contributed by atoms with E-state index in [-0.39, 0.29) is 18.4 Å². The molecule has 0 bridgehead atoms. The van der Waals surface area contributed by atoms with E-state index in [1.165, 1.54) is 4.90 Å². The van der Waals surface area contributed by atoms with E-state index in [9.17, 15) is 14.0 Å². The molecule has 1 aliphatic heterocycles. The maximum Gasteiger partial charge on any atom is 0.343 e. The first-order valence-electron chi connectivity index (χ1n) is 8.01. The molecule has 0 saturated carbocycles. The number of nitrogens with zero attached hydrogens (tertiary/aromatic N) is 1. The standard InChI is InChI=1S/C18H24FNO4/c1-12(15(21)20-9-8-18(19,11-20)16(22)23)24-14-7-5-6-13(10-14)17(2,3)4/h5-7,10,12H,8-9,11H2,1-4H3,(H,22,23). The van der Waals surface area contributed by atoms with Gasteiger partial charge in [-0.3, -0.25) is 4.79 Å². The topological polar surface area (TPSA) is 66.8 Å². The van der Waals surface area contributed by atoms with Gasteiger partial charge in [0.25, 0.3) is 5.91 Å². The molecule has 0 aromatic heterocycles. The Morgan fingerprint density at radius 2 is 2.04 bits per heavy atom. The fraction of sp³-hybridized carbons (Fsp3) is 0.556. The highest BCUT2D eigenvalue weighted by atomic mass is 19.1. The van der Waals surface area contributed by atoms with Crippen molar-refractivity contribution in [1.29, 1.82) is 0 Å². The van der Waals surface area contributed by atoms with E-state index in [4.69, 9.17) is 9.84 Å². The largest absolute Gasteiger partial charge is 0.481 e. The molecular weight excluding hydrogens is 313 g/mol. The summed E-state index contributed by atoms with van der Waals surface area (Å²) in [6.45, 7) is 7.48. The molecule has 2 unspecified atom stereocenters. The number of amides is 1. The van der Waals surface area contributed by atoms with Crippen LogP contribution in [0.2, 0.25) is 0 Å². The number of benzene rings is 1. The number of ether oxygens (including phenoxy) is 1. The molecule has 1 fully saturated rings. The third-order valence-electron chi connectivity index (χ3n) is 4.28. The van der Waals surface area contributed by atoms with E-state index in [0.717, 1.165) is 5.56 Å². The van der Waals surface area contributed by atoms with Crippen LogP contribution in [0.15, 0.2) is 24.3 Å². The second-order valence-corrected chi connectivity index (χ2v) is 7.32. The number of hydrogen-bond acceptors (Lipinski definition) is 3. The van der Waals surface area contributed by atoms with Crippen LogP contribution >= 0.6 is 0 Å². The molecule has 5 nitrogen and oxygen atoms in total. The van der Waals surface area contributed by atoms with Gasteiger partial charge in [0.2, 0.25) is 5.67 Å². The number of carboxylic acid groups (broad SMARTS) is 1. The van der Waals surface area contributed by atoms with Crippen LogP contribution < -0.4 is 4.74 Å². The van der Waals surface area contributed by atoms with Crippen LogP contribution in [-0.4, -0.2) is 46.7 Å². The van der Waals surface area contributed by atoms with Gasteiger partial charge in [0.1, 0.15) is 5.75 Å². The summed E-state index contributed by atoms with van der Waals surface area (Å²) in [7, 11) is 0. The fourth-order valence-corrected chi connectivity index (χ4v) is 2.68. The Kier molecular flexibility index (Phi) is 4.87. The number of rotatable bonds is 4. The average molecular weight is 337 g/mol. The Bertz CT molecular complexity index is 640. The van der Waals surface area contributed by atoms with E-state index in [1.54, 1.807) is 13.0 Å². The van der Waals surface area contributed by atoms with Crippen molar-refractivity contribution in [3.8, 4) is 5.75 Å². The van der Waals surface area contributed by atoms with Crippen LogP contribution in [0, 0.1) is 0 Å². The highest BCUT2D eigenvalue weighted by Gasteiger charge is 2.47. The summed E-state index contributed by atoms with van der Waals surface area (Å²) in [6.07, 6.45) is -1.00. The van der Waals surface area contributed by atoms with Crippen molar-refractivity contribution in [2.24, 2.45) is 0 Å². The van der Waals surface area contributed by atoms with Gasteiger partial charge in [-0.15, -0.1) is 0 Å². The Labute approximate surface area is 141 Å². The van der Waals surface area contributed by atoms with Crippen molar-refractivity contribution in [2.75, 3.05) is 13.1 Å². The minimum Gasteiger partial charge on any atom is -0.481 e. The molecule has 0 spiro atoms. The van der Waals surface area contributed by atoms with E-state index < -0.39 is 30.2 Å². The monoisotopic (exact) mass is 337 g/mol. The van der Waals surface area contributed by atoms with Gasteiger partial charge >= 0.3 is 5.97 Å². The van der Waals surface area contributed by atoms with Crippen molar-refractivity contribution in [1.82, 2.24) is 4.90 Å². The van der Waals surface area contributed by atoms with Crippen LogP contribution in [0.25, 0.3) is 0 Å². The van der Waals surface area contributed by atoms with Crippen LogP contribution in [-0.2, 0) is 15.0 Å². The summed E-state index contributed by atoms with van der Waals surface area (Å²) in [6, 6.07) is 7.49. The lowest BCUT2D eigenvalue weighted by atomic mass is 9.87. The number of carbonyl (C=O) groups is 2. The molecule has 1 N–H and O–H groups in total. The Morgan fingerprint density at radius 3 is 2.58 bits per heavy atom. The molecule has 2 rings (SSSR count). The predicted molar refractivity (Wildman–Crippen MR) is 87.9 cm³/mol. The number of aliphatic carboxylic acids is 1. The van der Waals surface area contributed by atoms with Crippen molar-refractivity contribution < 1.29 is 23.8 Å². The Morgan fingerprint density at radius 1 is 1.38 bits per heavy atom. The molecule has 1 amide bonds. The van der Waals surface area contributed by atoms with Gasteiger partial charge in [0, 0.05) is 13.0 Å². The highest BCUT2D eigenvalue weighted by Crippen LogP contribution is 2.28. The van der Waals surface area contributed by atoms with Crippen molar-refractivity contribution in [2.45, 2.75) is 51.3 Å². The molecule has 24 heavy (non-hydrogen) atoms. The average Bonchev–Trinajstić information content (AvgIpc) is 2.90. The van der Waals surface area contributed by atoms with Crippen molar-refractivity contribution >= 4 is 11.9 Å². The number of carbonyl (C=O) groups excluding carboxylic acids is 1. The van der Waals surface area contributed by atoms with Gasteiger partial charge in [0.15, 0.2) is 6.10 Å². The smallest absolute Gasteiger partial charge is 0.343 e. The van der Waals surface area contributed by atoms with Gasteiger partial charge in [0.05, 0.1) is 6.54 Å². The minimum absolute atomic E-state index is 0.0448. The summed E-state index contributed by atoms with van der Waals surface area (Å²) in [5.74, 6) is -1.37.